The first-order valence-electron chi connectivity index (χ1n) is 6.25. The van der Waals surface area contributed by atoms with Crippen LogP contribution in [-0.2, 0) is 0 Å². The zero-order valence-electron chi connectivity index (χ0n) is 10.6. The van der Waals surface area contributed by atoms with Crippen molar-refractivity contribution in [3.05, 3.63) is 29.8 Å². The lowest BCUT2D eigenvalue weighted by Gasteiger charge is -2.46. The van der Waals surface area contributed by atoms with Crippen LogP contribution in [0.1, 0.15) is 18.9 Å². The first kappa shape index (κ1) is 12.4. The van der Waals surface area contributed by atoms with Crippen molar-refractivity contribution in [3.8, 4) is 5.75 Å². The number of hydrogen-bond donors (Lipinski definition) is 1. The van der Waals surface area contributed by atoms with Crippen molar-refractivity contribution in [3.63, 3.8) is 0 Å². The fourth-order valence-electron chi connectivity index (χ4n) is 2.17. The van der Waals surface area contributed by atoms with Gasteiger partial charge in [0.15, 0.2) is 0 Å². The van der Waals surface area contributed by atoms with Gasteiger partial charge in [0.2, 0.25) is 0 Å². The third-order valence-electron chi connectivity index (χ3n) is 3.36. The molecule has 1 aliphatic heterocycles. The Labute approximate surface area is 103 Å². The van der Waals surface area contributed by atoms with Gasteiger partial charge >= 0.3 is 0 Å². The van der Waals surface area contributed by atoms with E-state index in [4.69, 9.17) is 4.74 Å². The van der Waals surface area contributed by atoms with E-state index in [1.807, 2.05) is 25.1 Å². The van der Waals surface area contributed by atoms with Crippen LogP contribution in [0.3, 0.4) is 0 Å². The van der Waals surface area contributed by atoms with Gasteiger partial charge in [-0.25, -0.2) is 0 Å². The van der Waals surface area contributed by atoms with Crippen LogP contribution in [0.25, 0.3) is 0 Å². The molecule has 1 aromatic rings. The van der Waals surface area contributed by atoms with Crippen LogP contribution in [-0.4, -0.2) is 41.8 Å². The Bertz CT molecular complexity index is 372. The SMILES string of the molecule is CCC1(O)CN(CCOc2cccc(C)c2)C1. The number of hydrogen-bond acceptors (Lipinski definition) is 3. The minimum Gasteiger partial charge on any atom is -0.492 e. The Morgan fingerprint density at radius 3 is 2.82 bits per heavy atom. The van der Waals surface area contributed by atoms with E-state index in [-0.39, 0.29) is 0 Å². The van der Waals surface area contributed by atoms with Crippen LogP contribution in [0.15, 0.2) is 24.3 Å². The summed E-state index contributed by atoms with van der Waals surface area (Å²) in [4.78, 5) is 2.22. The van der Waals surface area contributed by atoms with Crippen LogP contribution >= 0.6 is 0 Å². The maximum absolute atomic E-state index is 9.86. The van der Waals surface area contributed by atoms with E-state index in [1.165, 1.54) is 5.56 Å². The lowest BCUT2D eigenvalue weighted by molar-refractivity contribution is -0.102. The van der Waals surface area contributed by atoms with Crippen LogP contribution < -0.4 is 4.74 Å². The monoisotopic (exact) mass is 235 g/mol. The lowest BCUT2D eigenvalue weighted by Crippen LogP contribution is -2.61. The molecular weight excluding hydrogens is 214 g/mol. The molecule has 1 heterocycles. The largest absolute Gasteiger partial charge is 0.492 e. The Morgan fingerprint density at radius 2 is 2.18 bits per heavy atom. The molecule has 0 radical (unpaired) electrons. The fourth-order valence-corrected chi connectivity index (χ4v) is 2.17. The first-order chi connectivity index (χ1) is 8.11. The van der Waals surface area contributed by atoms with Gasteiger partial charge in [-0.1, -0.05) is 19.1 Å². The molecule has 1 saturated heterocycles. The van der Waals surface area contributed by atoms with Crippen molar-refractivity contribution in [1.82, 2.24) is 4.90 Å². The molecule has 3 nitrogen and oxygen atoms in total. The van der Waals surface area contributed by atoms with Gasteiger partial charge in [-0.15, -0.1) is 0 Å². The number of β-amino-alcohol motifs (C(OH)–C–C–N with tert-alkyl or cyclic N) is 1. The summed E-state index contributed by atoms with van der Waals surface area (Å²) in [7, 11) is 0. The third kappa shape index (κ3) is 3.20. The molecule has 94 valence electrons. The molecular formula is C14H21NO2. The van der Waals surface area contributed by atoms with Crippen LogP contribution in [0.5, 0.6) is 5.75 Å². The number of benzene rings is 1. The molecule has 1 aromatic carbocycles. The zero-order chi connectivity index (χ0) is 12.3. The van der Waals surface area contributed by atoms with Crippen molar-refractivity contribution in [2.75, 3.05) is 26.2 Å². The topological polar surface area (TPSA) is 32.7 Å². The molecule has 0 spiro atoms. The third-order valence-corrected chi connectivity index (χ3v) is 3.36. The Kier molecular flexibility index (Phi) is 3.69. The molecule has 2 rings (SSSR count). The van der Waals surface area contributed by atoms with Gasteiger partial charge in [-0.3, -0.25) is 4.90 Å². The van der Waals surface area contributed by atoms with Crippen LogP contribution in [0.2, 0.25) is 0 Å². The van der Waals surface area contributed by atoms with Crippen molar-refractivity contribution < 1.29 is 9.84 Å². The second-order valence-electron chi connectivity index (χ2n) is 4.95. The maximum atomic E-state index is 9.86. The highest BCUT2D eigenvalue weighted by atomic mass is 16.5. The van der Waals surface area contributed by atoms with E-state index in [0.29, 0.717) is 6.61 Å². The van der Waals surface area contributed by atoms with E-state index < -0.39 is 5.60 Å². The quantitative estimate of drug-likeness (QED) is 0.845. The molecule has 0 aliphatic carbocycles. The molecule has 1 fully saturated rings. The van der Waals surface area contributed by atoms with Crippen molar-refractivity contribution in [2.45, 2.75) is 25.9 Å². The van der Waals surface area contributed by atoms with Gasteiger partial charge in [0.1, 0.15) is 12.4 Å². The molecule has 1 aliphatic rings. The molecule has 0 atom stereocenters. The molecule has 1 N–H and O–H groups in total. The van der Waals surface area contributed by atoms with E-state index in [1.54, 1.807) is 0 Å². The minimum absolute atomic E-state index is 0.441. The van der Waals surface area contributed by atoms with E-state index in [9.17, 15) is 5.11 Å². The number of likely N-dealkylation sites (tertiary alicyclic amines) is 1. The summed E-state index contributed by atoms with van der Waals surface area (Å²) in [5.74, 6) is 0.927. The average molecular weight is 235 g/mol. The van der Waals surface area contributed by atoms with Crippen LogP contribution in [0, 0.1) is 6.92 Å². The highest BCUT2D eigenvalue weighted by Crippen LogP contribution is 2.23. The predicted molar refractivity (Wildman–Crippen MR) is 68.4 cm³/mol. The summed E-state index contributed by atoms with van der Waals surface area (Å²) in [5, 5.41) is 9.86. The molecule has 0 unspecified atom stereocenters. The van der Waals surface area contributed by atoms with E-state index in [0.717, 1.165) is 31.8 Å². The van der Waals surface area contributed by atoms with Crippen molar-refractivity contribution >= 4 is 0 Å². The molecule has 0 aromatic heterocycles. The lowest BCUT2D eigenvalue weighted by atomic mass is 9.91. The summed E-state index contributed by atoms with van der Waals surface area (Å²) in [6.45, 7) is 7.21. The van der Waals surface area contributed by atoms with Crippen LogP contribution in [0.4, 0.5) is 0 Å². The fraction of sp³-hybridized carbons (Fsp3) is 0.571. The standard InChI is InChI=1S/C14H21NO2/c1-3-14(16)10-15(11-14)7-8-17-13-6-4-5-12(2)9-13/h4-6,9,16H,3,7-8,10-11H2,1-2H3. The first-order valence-corrected chi connectivity index (χ1v) is 6.25. The van der Waals surface area contributed by atoms with E-state index in [2.05, 4.69) is 17.9 Å². The molecule has 0 saturated carbocycles. The summed E-state index contributed by atoms with van der Waals surface area (Å²) in [5.41, 5.74) is 0.774. The summed E-state index contributed by atoms with van der Waals surface area (Å²) in [6, 6.07) is 8.08. The zero-order valence-corrected chi connectivity index (χ0v) is 10.6. The minimum atomic E-state index is -0.441. The number of rotatable bonds is 5. The number of aryl methyl sites for hydroxylation is 1. The Morgan fingerprint density at radius 1 is 1.41 bits per heavy atom. The predicted octanol–water partition coefficient (Wildman–Crippen LogP) is 1.83. The van der Waals surface area contributed by atoms with Gasteiger partial charge < -0.3 is 9.84 Å². The van der Waals surface area contributed by atoms with Gasteiger partial charge in [-0.05, 0) is 31.0 Å². The molecule has 17 heavy (non-hydrogen) atoms. The summed E-state index contributed by atoms with van der Waals surface area (Å²) < 4.78 is 5.67. The molecule has 0 bridgehead atoms. The van der Waals surface area contributed by atoms with Gasteiger partial charge in [0.25, 0.3) is 0 Å². The highest BCUT2D eigenvalue weighted by Gasteiger charge is 2.38. The Balaban J connectivity index is 1.68. The summed E-state index contributed by atoms with van der Waals surface area (Å²) >= 11 is 0. The number of ether oxygens (including phenoxy) is 1. The highest BCUT2D eigenvalue weighted by molar-refractivity contribution is 5.27. The van der Waals surface area contributed by atoms with Gasteiger partial charge in [-0.2, -0.15) is 0 Å². The van der Waals surface area contributed by atoms with Gasteiger partial charge in [0.05, 0.1) is 5.60 Å². The van der Waals surface area contributed by atoms with Crippen molar-refractivity contribution in [1.29, 1.82) is 0 Å². The second kappa shape index (κ2) is 5.07. The summed E-state index contributed by atoms with van der Waals surface area (Å²) in [6.07, 6.45) is 0.836. The van der Waals surface area contributed by atoms with Gasteiger partial charge in [0, 0.05) is 19.6 Å². The molecule has 0 amide bonds. The van der Waals surface area contributed by atoms with E-state index >= 15 is 0 Å². The number of aliphatic hydroxyl groups is 1. The average Bonchev–Trinajstić information content (AvgIpc) is 2.26. The smallest absolute Gasteiger partial charge is 0.119 e. The normalized spacial score (nSPS) is 18.8. The maximum Gasteiger partial charge on any atom is 0.119 e. The second-order valence-corrected chi connectivity index (χ2v) is 4.95. The molecule has 3 heteroatoms. The Hall–Kier alpha value is -1.06. The number of nitrogens with zero attached hydrogens (tertiary/aromatic N) is 1. The van der Waals surface area contributed by atoms with Crippen molar-refractivity contribution in [2.24, 2.45) is 0 Å².